The van der Waals surface area contributed by atoms with Gasteiger partial charge >= 0.3 is 0 Å². The van der Waals surface area contributed by atoms with Crippen LogP contribution in [-0.2, 0) is 0 Å². The smallest absolute Gasteiger partial charge is 0.0446 e. The van der Waals surface area contributed by atoms with Crippen LogP contribution in [0.1, 0.15) is 37.8 Å². The molecule has 0 spiro atoms. The molecular formula is C20H21N. The molecule has 0 saturated heterocycles. The first-order valence-corrected chi connectivity index (χ1v) is 7.66. The maximum atomic E-state index is 4.87. The molecule has 0 aromatic heterocycles. The number of hydrogen-bond donors (Lipinski definition) is 0. The minimum Gasteiger partial charge on any atom is -0.286 e. The maximum absolute atomic E-state index is 4.87. The molecule has 0 bridgehead atoms. The van der Waals surface area contributed by atoms with Gasteiger partial charge in [0, 0.05) is 17.3 Å². The molecule has 1 aliphatic rings. The number of nitrogens with zero attached hydrogens (tertiary/aromatic N) is 1. The highest BCUT2D eigenvalue weighted by Crippen LogP contribution is 2.38. The van der Waals surface area contributed by atoms with E-state index >= 15 is 0 Å². The second-order valence-electron chi connectivity index (χ2n) is 5.76. The molecule has 0 radical (unpaired) electrons. The van der Waals surface area contributed by atoms with Gasteiger partial charge < -0.3 is 0 Å². The first kappa shape index (κ1) is 13.8. The minimum atomic E-state index is 0.342. The molecule has 0 aliphatic heterocycles. The van der Waals surface area contributed by atoms with E-state index in [-0.39, 0.29) is 0 Å². The molecule has 21 heavy (non-hydrogen) atoms. The standard InChI is InChI=1S/C20H21N/c1-15(2)21-19-14-13-18(16-9-5-3-6-10-16)20(19)17-11-7-4-8-12-17/h3-12,15H,13-14H2,1-2H3. The van der Waals surface area contributed by atoms with Crippen LogP contribution in [0.4, 0.5) is 0 Å². The predicted molar refractivity (Wildman–Crippen MR) is 91.5 cm³/mol. The summed E-state index contributed by atoms with van der Waals surface area (Å²) >= 11 is 0. The van der Waals surface area contributed by atoms with Crippen LogP contribution in [0.5, 0.6) is 0 Å². The molecule has 0 N–H and O–H groups in total. The van der Waals surface area contributed by atoms with Gasteiger partial charge in [-0.3, -0.25) is 4.99 Å². The van der Waals surface area contributed by atoms with Crippen LogP contribution in [0.2, 0.25) is 0 Å². The number of allylic oxidation sites excluding steroid dienone is 2. The fourth-order valence-corrected chi connectivity index (χ4v) is 2.98. The number of aliphatic imine (C=N–C) groups is 1. The van der Waals surface area contributed by atoms with Gasteiger partial charge in [-0.05, 0) is 43.4 Å². The van der Waals surface area contributed by atoms with Crippen LogP contribution in [0.15, 0.2) is 65.7 Å². The number of rotatable bonds is 3. The Morgan fingerprint density at radius 1 is 0.762 bits per heavy atom. The minimum absolute atomic E-state index is 0.342. The Balaban J connectivity index is 2.16. The third kappa shape index (κ3) is 2.97. The summed E-state index contributed by atoms with van der Waals surface area (Å²) in [5.41, 5.74) is 6.64. The summed E-state index contributed by atoms with van der Waals surface area (Å²) in [5.74, 6) is 0. The van der Waals surface area contributed by atoms with Crippen molar-refractivity contribution in [2.24, 2.45) is 4.99 Å². The normalized spacial score (nSPS) is 17.0. The SMILES string of the molecule is CC(C)N=C1CCC(c2ccccc2)=C1c1ccccc1. The Morgan fingerprint density at radius 3 is 1.90 bits per heavy atom. The monoisotopic (exact) mass is 275 g/mol. The zero-order valence-corrected chi connectivity index (χ0v) is 12.7. The van der Waals surface area contributed by atoms with E-state index in [9.17, 15) is 0 Å². The quantitative estimate of drug-likeness (QED) is 0.726. The van der Waals surface area contributed by atoms with Crippen LogP contribution in [0, 0.1) is 0 Å². The van der Waals surface area contributed by atoms with Crippen molar-refractivity contribution in [3.05, 3.63) is 71.8 Å². The van der Waals surface area contributed by atoms with Crippen molar-refractivity contribution < 1.29 is 0 Å². The van der Waals surface area contributed by atoms with Gasteiger partial charge in [-0.1, -0.05) is 60.7 Å². The van der Waals surface area contributed by atoms with Crippen molar-refractivity contribution in [3.8, 4) is 0 Å². The highest BCUT2D eigenvalue weighted by Gasteiger charge is 2.23. The van der Waals surface area contributed by atoms with Gasteiger partial charge in [0.25, 0.3) is 0 Å². The van der Waals surface area contributed by atoms with E-state index in [1.807, 2.05) is 0 Å². The third-order valence-corrected chi connectivity index (χ3v) is 3.80. The van der Waals surface area contributed by atoms with E-state index < -0.39 is 0 Å². The fourth-order valence-electron chi connectivity index (χ4n) is 2.98. The Labute approximate surface area is 127 Å². The molecule has 0 saturated carbocycles. The van der Waals surface area contributed by atoms with Gasteiger partial charge in [-0.2, -0.15) is 0 Å². The average Bonchev–Trinajstić information content (AvgIpc) is 2.92. The Kier molecular flexibility index (Phi) is 4.01. The predicted octanol–water partition coefficient (Wildman–Crippen LogP) is 5.24. The molecule has 2 aromatic carbocycles. The van der Waals surface area contributed by atoms with E-state index in [4.69, 9.17) is 4.99 Å². The van der Waals surface area contributed by atoms with Crippen molar-refractivity contribution >= 4 is 16.9 Å². The number of benzene rings is 2. The molecule has 106 valence electrons. The van der Waals surface area contributed by atoms with Gasteiger partial charge in [0.15, 0.2) is 0 Å². The molecule has 0 amide bonds. The lowest BCUT2D eigenvalue weighted by atomic mass is 9.96. The molecule has 1 heteroatoms. The largest absolute Gasteiger partial charge is 0.286 e. The van der Waals surface area contributed by atoms with Crippen LogP contribution in [0.25, 0.3) is 11.1 Å². The third-order valence-electron chi connectivity index (χ3n) is 3.80. The van der Waals surface area contributed by atoms with Crippen LogP contribution in [-0.4, -0.2) is 11.8 Å². The summed E-state index contributed by atoms with van der Waals surface area (Å²) in [6, 6.07) is 21.7. The second-order valence-corrected chi connectivity index (χ2v) is 5.76. The van der Waals surface area contributed by atoms with E-state index in [0.717, 1.165) is 12.8 Å². The van der Waals surface area contributed by atoms with E-state index in [2.05, 4.69) is 74.5 Å². The lowest BCUT2D eigenvalue weighted by Gasteiger charge is -2.10. The summed E-state index contributed by atoms with van der Waals surface area (Å²) < 4.78 is 0. The van der Waals surface area contributed by atoms with Crippen LogP contribution >= 0.6 is 0 Å². The Hall–Kier alpha value is -2.15. The van der Waals surface area contributed by atoms with Gasteiger partial charge in [0.2, 0.25) is 0 Å². The molecule has 0 fully saturated rings. The molecule has 0 atom stereocenters. The summed E-state index contributed by atoms with van der Waals surface area (Å²) in [4.78, 5) is 4.87. The van der Waals surface area contributed by atoms with Gasteiger partial charge in [0.05, 0.1) is 0 Å². The second kappa shape index (κ2) is 6.09. The number of hydrogen-bond acceptors (Lipinski definition) is 1. The van der Waals surface area contributed by atoms with Crippen molar-refractivity contribution in [1.29, 1.82) is 0 Å². The van der Waals surface area contributed by atoms with Crippen molar-refractivity contribution in [3.63, 3.8) is 0 Å². The first-order valence-electron chi connectivity index (χ1n) is 7.66. The Bertz CT molecular complexity index is 663. The molecule has 2 aromatic rings. The zero-order chi connectivity index (χ0) is 14.7. The lowest BCUT2D eigenvalue weighted by Crippen LogP contribution is -2.02. The lowest BCUT2D eigenvalue weighted by molar-refractivity contribution is 0.832. The topological polar surface area (TPSA) is 12.4 Å². The fraction of sp³-hybridized carbons (Fsp3) is 0.250. The molecule has 1 nitrogen and oxygen atoms in total. The van der Waals surface area contributed by atoms with Gasteiger partial charge in [0.1, 0.15) is 0 Å². The zero-order valence-electron chi connectivity index (χ0n) is 12.7. The van der Waals surface area contributed by atoms with E-state index in [0.29, 0.717) is 6.04 Å². The molecule has 0 unspecified atom stereocenters. The first-order chi connectivity index (χ1) is 10.3. The summed E-state index contributed by atoms with van der Waals surface area (Å²) in [6.45, 7) is 4.30. The highest BCUT2D eigenvalue weighted by molar-refractivity contribution is 6.33. The summed E-state index contributed by atoms with van der Waals surface area (Å²) in [5, 5.41) is 0. The highest BCUT2D eigenvalue weighted by atomic mass is 14.8. The summed E-state index contributed by atoms with van der Waals surface area (Å²) in [6.07, 6.45) is 2.13. The molecule has 0 heterocycles. The van der Waals surface area contributed by atoms with Crippen molar-refractivity contribution in [2.75, 3.05) is 0 Å². The van der Waals surface area contributed by atoms with Gasteiger partial charge in [-0.15, -0.1) is 0 Å². The van der Waals surface area contributed by atoms with E-state index in [1.165, 1.54) is 28.0 Å². The van der Waals surface area contributed by atoms with Crippen molar-refractivity contribution in [1.82, 2.24) is 0 Å². The van der Waals surface area contributed by atoms with Crippen LogP contribution in [0.3, 0.4) is 0 Å². The molecule has 1 aliphatic carbocycles. The average molecular weight is 275 g/mol. The molecular weight excluding hydrogens is 254 g/mol. The molecule has 3 rings (SSSR count). The maximum Gasteiger partial charge on any atom is 0.0446 e. The Morgan fingerprint density at radius 2 is 1.33 bits per heavy atom. The summed E-state index contributed by atoms with van der Waals surface area (Å²) in [7, 11) is 0. The van der Waals surface area contributed by atoms with Crippen molar-refractivity contribution in [2.45, 2.75) is 32.7 Å². The van der Waals surface area contributed by atoms with Gasteiger partial charge in [-0.25, -0.2) is 0 Å². The van der Waals surface area contributed by atoms with Crippen LogP contribution < -0.4 is 0 Å². The van der Waals surface area contributed by atoms with E-state index in [1.54, 1.807) is 0 Å².